The van der Waals surface area contributed by atoms with Crippen LogP contribution in [0.15, 0.2) is 18.2 Å². The molecule has 1 saturated heterocycles. The van der Waals surface area contributed by atoms with Gasteiger partial charge < -0.3 is 9.64 Å². The molecule has 2 rings (SSSR count). The standard InChI is InChI=1S/C16H24N2O2/c1-13-5-4-6-15(14(13)2)11-17-7-9-18(10-8-17)16(19)12-20-3/h4-6H,7-12H2,1-3H3. The molecule has 0 spiro atoms. The highest BCUT2D eigenvalue weighted by atomic mass is 16.5. The topological polar surface area (TPSA) is 32.8 Å². The average Bonchev–Trinajstić information content (AvgIpc) is 2.45. The molecule has 1 aromatic carbocycles. The number of ether oxygens (including phenoxy) is 1. The second-order valence-corrected chi connectivity index (χ2v) is 5.45. The van der Waals surface area contributed by atoms with Gasteiger partial charge in [-0.25, -0.2) is 0 Å². The summed E-state index contributed by atoms with van der Waals surface area (Å²) in [4.78, 5) is 16.1. The molecule has 110 valence electrons. The summed E-state index contributed by atoms with van der Waals surface area (Å²) in [5, 5.41) is 0. The summed E-state index contributed by atoms with van der Waals surface area (Å²) in [6.07, 6.45) is 0. The summed E-state index contributed by atoms with van der Waals surface area (Å²) < 4.78 is 4.90. The molecule has 1 heterocycles. The highest BCUT2D eigenvalue weighted by molar-refractivity contribution is 5.77. The van der Waals surface area contributed by atoms with E-state index in [1.807, 2.05) is 4.90 Å². The number of methoxy groups -OCH3 is 1. The summed E-state index contributed by atoms with van der Waals surface area (Å²) in [7, 11) is 1.56. The fourth-order valence-electron chi connectivity index (χ4n) is 2.59. The molecule has 0 N–H and O–H groups in total. The van der Waals surface area contributed by atoms with Crippen LogP contribution < -0.4 is 0 Å². The van der Waals surface area contributed by atoms with Gasteiger partial charge in [0.2, 0.25) is 5.91 Å². The van der Waals surface area contributed by atoms with Crippen molar-refractivity contribution < 1.29 is 9.53 Å². The Morgan fingerprint density at radius 2 is 1.90 bits per heavy atom. The largest absolute Gasteiger partial charge is 0.375 e. The summed E-state index contributed by atoms with van der Waals surface area (Å²) in [5.41, 5.74) is 4.11. The lowest BCUT2D eigenvalue weighted by atomic mass is 10.0. The van der Waals surface area contributed by atoms with Crippen LogP contribution >= 0.6 is 0 Å². The van der Waals surface area contributed by atoms with E-state index in [1.54, 1.807) is 7.11 Å². The van der Waals surface area contributed by atoms with Crippen molar-refractivity contribution in [2.75, 3.05) is 39.9 Å². The van der Waals surface area contributed by atoms with Crippen LogP contribution in [-0.4, -0.2) is 55.6 Å². The van der Waals surface area contributed by atoms with Crippen LogP contribution in [0.4, 0.5) is 0 Å². The van der Waals surface area contributed by atoms with Crippen LogP contribution in [0.2, 0.25) is 0 Å². The molecule has 0 bridgehead atoms. The molecule has 1 aromatic rings. The maximum atomic E-state index is 11.7. The van der Waals surface area contributed by atoms with E-state index in [1.165, 1.54) is 16.7 Å². The van der Waals surface area contributed by atoms with Gasteiger partial charge in [0.15, 0.2) is 0 Å². The summed E-state index contributed by atoms with van der Waals surface area (Å²) in [6.45, 7) is 8.96. The van der Waals surface area contributed by atoms with Crippen molar-refractivity contribution in [2.24, 2.45) is 0 Å². The molecule has 1 fully saturated rings. The molecule has 0 saturated carbocycles. The zero-order chi connectivity index (χ0) is 14.5. The number of carbonyl (C=O) groups excluding carboxylic acids is 1. The third-order valence-electron chi connectivity index (χ3n) is 4.10. The smallest absolute Gasteiger partial charge is 0.248 e. The number of benzene rings is 1. The first-order valence-electron chi connectivity index (χ1n) is 7.16. The number of rotatable bonds is 4. The minimum Gasteiger partial charge on any atom is -0.375 e. The van der Waals surface area contributed by atoms with E-state index in [4.69, 9.17) is 4.74 Å². The fourth-order valence-corrected chi connectivity index (χ4v) is 2.59. The van der Waals surface area contributed by atoms with E-state index in [0.717, 1.165) is 32.7 Å². The minimum atomic E-state index is 0.0962. The molecule has 1 amide bonds. The van der Waals surface area contributed by atoms with E-state index in [0.29, 0.717) is 0 Å². The van der Waals surface area contributed by atoms with Crippen molar-refractivity contribution in [3.05, 3.63) is 34.9 Å². The quantitative estimate of drug-likeness (QED) is 0.837. The summed E-state index contributed by atoms with van der Waals surface area (Å²) in [5.74, 6) is 0.0962. The maximum absolute atomic E-state index is 11.7. The van der Waals surface area contributed by atoms with Crippen molar-refractivity contribution in [1.82, 2.24) is 9.80 Å². The van der Waals surface area contributed by atoms with Crippen LogP contribution in [0.5, 0.6) is 0 Å². The van der Waals surface area contributed by atoms with Gasteiger partial charge in [-0.05, 0) is 30.5 Å². The van der Waals surface area contributed by atoms with Gasteiger partial charge in [0.05, 0.1) is 0 Å². The molecule has 1 aliphatic rings. The molecular weight excluding hydrogens is 252 g/mol. The molecule has 0 aromatic heterocycles. The molecule has 0 radical (unpaired) electrons. The van der Waals surface area contributed by atoms with Crippen molar-refractivity contribution in [3.8, 4) is 0 Å². The lowest BCUT2D eigenvalue weighted by molar-refractivity contribution is -0.136. The number of nitrogens with zero attached hydrogens (tertiary/aromatic N) is 2. The first-order chi connectivity index (χ1) is 9.61. The first-order valence-corrected chi connectivity index (χ1v) is 7.16. The molecule has 4 heteroatoms. The Labute approximate surface area is 121 Å². The van der Waals surface area contributed by atoms with Crippen LogP contribution in [0.1, 0.15) is 16.7 Å². The predicted octanol–water partition coefficient (Wildman–Crippen LogP) is 1.59. The lowest BCUT2D eigenvalue weighted by Crippen LogP contribution is -2.49. The van der Waals surface area contributed by atoms with E-state index < -0.39 is 0 Å². The van der Waals surface area contributed by atoms with Crippen molar-refractivity contribution >= 4 is 5.91 Å². The van der Waals surface area contributed by atoms with Gasteiger partial charge in [-0.15, -0.1) is 0 Å². The number of amides is 1. The van der Waals surface area contributed by atoms with E-state index >= 15 is 0 Å². The Hall–Kier alpha value is -1.39. The Balaban J connectivity index is 1.88. The Morgan fingerprint density at radius 3 is 2.55 bits per heavy atom. The SMILES string of the molecule is COCC(=O)N1CCN(Cc2cccc(C)c2C)CC1. The van der Waals surface area contributed by atoms with E-state index in [9.17, 15) is 4.79 Å². The van der Waals surface area contributed by atoms with Gasteiger partial charge in [-0.1, -0.05) is 18.2 Å². The number of hydrogen-bond acceptors (Lipinski definition) is 3. The highest BCUT2D eigenvalue weighted by Gasteiger charge is 2.21. The van der Waals surface area contributed by atoms with Gasteiger partial charge in [0, 0.05) is 39.8 Å². The number of carbonyl (C=O) groups is 1. The monoisotopic (exact) mass is 276 g/mol. The summed E-state index contributed by atoms with van der Waals surface area (Å²) >= 11 is 0. The Bertz CT molecular complexity index is 466. The average molecular weight is 276 g/mol. The van der Waals surface area contributed by atoms with Crippen molar-refractivity contribution in [3.63, 3.8) is 0 Å². The van der Waals surface area contributed by atoms with Crippen LogP contribution in [-0.2, 0) is 16.1 Å². The van der Waals surface area contributed by atoms with E-state index in [-0.39, 0.29) is 12.5 Å². The van der Waals surface area contributed by atoms with Crippen LogP contribution in [0, 0.1) is 13.8 Å². The normalized spacial score (nSPS) is 16.4. The molecule has 0 unspecified atom stereocenters. The lowest BCUT2D eigenvalue weighted by Gasteiger charge is -2.35. The second kappa shape index (κ2) is 6.86. The third-order valence-corrected chi connectivity index (χ3v) is 4.10. The number of aryl methyl sites for hydroxylation is 1. The van der Waals surface area contributed by atoms with E-state index in [2.05, 4.69) is 36.9 Å². The molecule has 1 aliphatic heterocycles. The third kappa shape index (κ3) is 3.58. The Kier molecular flexibility index (Phi) is 5.15. The first kappa shape index (κ1) is 15.0. The van der Waals surface area contributed by atoms with Gasteiger partial charge >= 0.3 is 0 Å². The van der Waals surface area contributed by atoms with Crippen LogP contribution in [0.3, 0.4) is 0 Å². The highest BCUT2D eigenvalue weighted by Crippen LogP contribution is 2.16. The molecule has 0 aliphatic carbocycles. The molecule has 0 atom stereocenters. The summed E-state index contributed by atoms with van der Waals surface area (Å²) in [6, 6.07) is 6.47. The zero-order valence-electron chi connectivity index (χ0n) is 12.7. The van der Waals surface area contributed by atoms with Crippen molar-refractivity contribution in [2.45, 2.75) is 20.4 Å². The van der Waals surface area contributed by atoms with Crippen molar-refractivity contribution in [1.29, 1.82) is 0 Å². The van der Waals surface area contributed by atoms with Gasteiger partial charge in [-0.3, -0.25) is 9.69 Å². The van der Waals surface area contributed by atoms with Gasteiger partial charge in [0.1, 0.15) is 6.61 Å². The number of piperazine rings is 1. The number of hydrogen-bond donors (Lipinski definition) is 0. The second-order valence-electron chi connectivity index (χ2n) is 5.45. The maximum Gasteiger partial charge on any atom is 0.248 e. The zero-order valence-corrected chi connectivity index (χ0v) is 12.7. The van der Waals surface area contributed by atoms with Gasteiger partial charge in [-0.2, -0.15) is 0 Å². The minimum absolute atomic E-state index is 0.0962. The molecular formula is C16H24N2O2. The Morgan fingerprint density at radius 1 is 1.20 bits per heavy atom. The van der Waals surface area contributed by atoms with Gasteiger partial charge in [0.25, 0.3) is 0 Å². The van der Waals surface area contributed by atoms with Crippen LogP contribution in [0.25, 0.3) is 0 Å². The molecule has 4 nitrogen and oxygen atoms in total. The fraction of sp³-hybridized carbons (Fsp3) is 0.562. The predicted molar refractivity (Wildman–Crippen MR) is 79.6 cm³/mol. The molecule has 20 heavy (non-hydrogen) atoms.